The van der Waals surface area contributed by atoms with E-state index in [-0.39, 0.29) is 6.54 Å². The zero-order valence-corrected chi connectivity index (χ0v) is 10.4. The molecule has 1 aromatic carbocycles. The van der Waals surface area contributed by atoms with Crippen LogP contribution in [0.3, 0.4) is 0 Å². The highest BCUT2D eigenvalue weighted by atomic mass is 79.9. The zero-order valence-electron chi connectivity index (χ0n) is 8.09. The molecular weight excluding hydrogens is 297 g/mol. The van der Waals surface area contributed by atoms with E-state index in [1.165, 1.54) is 0 Å². The molecule has 16 heavy (non-hydrogen) atoms. The molecule has 0 heterocycles. The van der Waals surface area contributed by atoms with Crippen LogP contribution in [-0.2, 0) is 4.79 Å². The number of nitrogens with two attached hydrogens (primary N) is 1. The molecule has 1 rings (SSSR count). The topological polar surface area (TPSA) is 84.2 Å². The molecule has 0 unspecified atom stereocenters. The molecule has 0 saturated heterocycles. The van der Waals surface area contributed by atoms with E-state index < -0.39 is 11.9 Å². The molecule has 1 aromatic rings. The molecule has 0 radical (unpaired) electrons. The molecule has 5 nitrogen and oxygen atoms in total. The van der Waals surface area contributed by atoms with E-state index in [0.29, 0.717) is 10.7 Å². The molecule has 0 aliphatic heterocycles. The van der Waals surface area contributed by atoms with Crippen LogP contribution in [0.1, 0.15) is 0 Å². The lowest BCUT2D eigenvalue weighted by atomic mass is 10.3. The maximum Gasteiger partial charge on any atom is 0.318 e. The van der Waals surface area contributed by atoms with Gasteiger partial charge in [0.15, 0.2) is 0 Å². The van der Waals surface area contributed by atoms with Gasteiger partial charge >= 0.3 is 6.03 Å². The van der Waals surface area contributed by atoms with Crippen molar-refractivity contribution < 1.29 is 9.59 Å². The summed E-state index contributed by atoms with van der Waals surface area (Å²) in [7, 11) is 0. The standard InChI is InChI=1S/C9H9BrClN3O2/c10-5-1-2-6(11)7(3-5)13-4-8(15)14-9(12)16/h1-3,13H,4H2,(H3,12,14,15,16). The zero-order chi connectivity index (χ0) is 12.1. The molecular formula is C9H9BrClN3O2. The van der Waals surface area contributed by atoms with Gasteiger partial charge in [-0.15, -0.1) is 0 Å². The van der Waals surface area contributed by atoms with Crippen molar-refractivity contribution in [3.05, 3.63) is 27.7 Å². The van der Waals surface area contributed by atoms with Crippen LogP contribution in [-0.4, -0.2) is 18.5 Å². The van der Waals surface area contributed by atoms with Crippen molar-refractivity contribution in [1.82, 2.24) is 5.32 Å². The van der Waals surface area contributed by atoms with Gasteiger partial charge in [0.25, 0.3) is 0 Å². The lowest BCUT2D eigenvalue weighted by Gasteiger charge is -2.07. The fraction of sp³-hybridized carbons (Fsp3) is 0.111. The van der Waals surface area contributed by atoms with Crippen molar-refractivity contribution in [2.45, 2.75) is 0 Å². The van der Waals surface area contributed by atoms with Crippen molar-refractivity contribution in [3.8, 4) is 0 Å². The van der Waals surface area contributed by atoms with Gasteiger partial charge in [-0.3, -0.25) is 10.1 Å². The molecule has 4 N–H and O–H groups in total. The summed E-state index contributed by atoms with van der Waals surface area (Å²) in [6, 6.07) is 4.30. The normalized spacial score (nSPS) is 9.62. The first-order chi connectivity index (χ1) is 7.49. The highest BCUT2D eigenvalue weighted by Gasteiger charge is 2.05. The average molecular weight is 307 g/mol. The van der Waals surface area contributed by atoms with Gasteiger partial charge in [-0.1, -0.05) is 27.5 Å². The average Bonchev–Trinajstić information content (AvgIpc) is 2.18. The maximum absolute atomic E-state index is 11.1. The molecule has 0 aromatic heterocycles. The second-order valence-electron chi connectivity index (χ2n) is 2.89. The Hall–Kier alpha value is -1.27. The summed E-state index contributed by atoms with van der Waals surface area (Å²) in [5, 5.41) is 5.19. The predicted molar refractivity (Wildman–Crippen MR) is 65.4 cm³/mol. The van der Waals surface area contributed by atoms with Gasteiger partial charge in [0, 0.05) is 4.47 Å². The number of carbonyl (C=O) groups excluding carboxylic acids is 2. The first-order valence-electron chi connectivity index (χ1n) is 4.27. The maximum atomic E-state index is 11.1. The molecule has 0 aliphatic carbocycles. The Balaban J connectivity index is 2.57. The summed E-state index contributed by atoms with van der Waals surface area (Å²) in [4.78, 5) is 21.5. The van der Waals surface area contributed by atoms with Crippen molar-refractivity contribution >= 4 is 45.2 Å². The van der Waals surface area contributed by atoms with E-state index in [1.807, 2.05) is 5.32 Å². The summed E-state index contributed by atoms with van der Waals surface area (Å²) < 4.78 is 0.828. The largest absolute Gasteiger partial charge is 0.375 e. The monoisotopic (exact) mass is 305 g/mol. The van der Waals surface area contributed by atoms with E-state index in [9.17, 15) is 9.59 Å². The van der Waals surface area contributed by atoms with Crippen LogP contribution in [0.25, 0.3) is 0 Å². The summed E-state index contributed by atoms with van der Waals surface area (Å²) in [6.07, 6.45) is 0. The van der Waals surface area contributed by atoms with E-state index in [2.05, 4.69) is 21.2 Å². The molecule has 7 heteroatoms. The Labute approximate surface area is 105 Å². The third-order valence-electron chi connectivity index (χ3n) is 1.63. The van der Waals surface area contributed by atoms with Crippen LogP contribution >= 0.6 is 27.5 Å². The number of benzene rings is 1. The Morgan fingerprint density at radius 1 is 1.44 bits per heavy atom. The van der Waals surface area contributed by atoms with Gasteiger partial charge in [-0.05, 0) is 18.2 Å². The number of anilines is 1. The number of rotatable bonds is 3. The second-order valence-corrected chi connectivity index (χ2v) is 4.21. The highest BCUT2D eigenvalue weighted by Crippen LogP contribution is 2.25. The van der Waals surface area contributed by atoms with Gasteiger partial charge < -0.3 is 11.1 Å². The number of primary amides is 1. The van der Waals surface area contributed by atoms with Crippen molar-refractivity contribution in [3.63, 3.8) is 0 Å². The first-order valence-corrected chi connectivity index (χ1v) is 5.44. The number of urea groups is 1. The highest BCUT2D eigenvalue weighted by molar-refractivity contribution is 9.10. The van der Waals surface area contributed by atoms with Gasteiger partial charge in [-0.25, -0.2) is 4.79 Å². The second kappa shape index (κ2) is 5.72. The van der Waals surface area contributed by atoms with E-state index in [0.717, 1.165) is 4.47 Å². The van der Waals surface area contributed by atoms with E-state index >= 15 is 0 Å². The first kappa shape index (κ1) is 12.8. The fourth-order valence-corrected chi connectivity index (χ4v) is 1.54. The summed E-state index contributed by atoms with van der Waals surface area (Å²) in [5.74, 6) is -0.524. The number of amides is 3. The lowest BCUT2D eigenvalue weighted by molar-refractivity contribution is -0.118. The minimum Gasteiger partial charge on any atom is -0.375 e. The van der Waals surface area contributed by atoms with Crippen molar-refractivity contribution in [1.29, 1.82) is 0 Å². The van der Waals surface area contributed by atoms with Gasteiger partial charge in [0.2, 0.25) is 5.91 Å². The fourth-order valence-electron chi connectivity index (χ4n) is 0.990. The number of nitrogens with one attached hydrogen (secondary N) is 2. The Kier molecular flexibility index (Phi) is 4.57. The Morgan fingerprint density at radius 2 is 2.12 bits per heavy atom. The van der Waals surface area contributed by atoms with Crippen molar-refractivity contribution in [2.75, 3.05) is 11.9 Å². The molecule has 0 spiro atoms. The smallest absolute Gasteiger partial charge is 0.318 e. The van der Waals surface area contributed by atoms with Crippen LogP contribution in [0.5, 0.6) is 0 Å². The van der Waals surface area contributed by atoms with Gasteiger partial charge in [-0.2, -0.15) is 0 Å². The molecule has 0 aliphatic rings. The number of imide groups is 1. The van der Waals surface area contributed by atoms with Crippen LogP contribution < -0.4 is 16.4 Å². The minimum atomic E-state index is -0.882. The molecule has 0 atom stereocenters. The number of hydrogen-bond donors (Lipinski definition) is 3. The SMILES string of the molecule is NC(=O)NC(=O)CNc1cc(Br)ccc1Cl. The summed E-state index contributed by atoms with van der Waals surface area (Å²) in [5.41, 5.74) is 5.38. The van der Waals surface area contributed by atoms with Crippen LogP contribution in [0.2, 0.25) is 5.02 Å². The van der Waals surface area contributed by atoms with E-state index in [1.54, 1.807) is 18.2 Å². The lowest BCUT2D eigenvalue weighted by Crippen LogP contribution is -2.38. The molecule has 86 valence electrons. The third-order valence-corrected chi connectivity index (χ3v) is 2.45. The minimum absolute atomic E-state index is 0.0842. The van der Waals surface area contributed by atoms with Crippen LogP contribution in [0, 0.1) is 0 Å². The van der Waals surface area contributed by atoms with Crippen LogP contribution in [0.15, 0.2) is 22.7 Å². The summed E-state index contributed by atoms with van der Waals surface area (Å²) in [6.45, 7) is -0.0842. The van der Waals surface area contributed by atoms with E-state index in [4.69, 9.17) is 17.3 Å². The van der Waals surface area contributed by atoms with Gasteiger partial charge in [0.05, 0.1) is 17.3 Å². The molecule has 3 amide bonds. The molecule has 0 bridgehead atoms. The Morgan fingerprint density at radius 3 is 2.75 bits per heavy atom. The van der Waals surface area contributed by atoms with Crippen LogP contribution in [0.4, 0.5) is 10.5 Å². The Bertz CT molecular complexity index is 425. The summed E-state index contributed by atoms with van der Waals surface area (Å²) >= 11 is 9.15. The molecule has 0 saturated carbocycles. The van der Waals surface area contributed by atoms with Crippen molar-refractivity contribution in [2.24, 2.45) is 5.73 Å². The molecule has 0 fully saturated rings. The number of hydrogen-bond acceptors (Lipinski definition) is 3. The quantitative estimate of drug-likeness (QED) is 0.795. The number of carbonyl (C=O) groups is 2. The third kappa shape index (κ3) is 4.08. The van der Waals surface area contributed by atoms with Gasteiger partial charge in [0.1, 0.15) is 0 Å². The predicted octanol–water partition coefficient (Wildman–Crippen LogP) is 1.71. The number of halogens is 2.